The molecule has 0 bridgehead atoms. The van der Waals surface area contributed by atoms with E-state index in [1.807, 2.05) is 12.1 Å². The third-order valence-electron chi connectivity index (χ3n) is 2.29. The first-order valence-electron chi connectivity index (χ1n) is 4.97. The summed E-state index contributed by atoms with van der Waals surface area (Å²) in [6.45, 7) is 1.79. The molecule has 0 aliphatic heterocycles. The average Bonchev–Trinajstić information content (AvgIpc) is 2.71. The molecule has 17 heavy (non-hydrogen) atoms. The zero-order valence-electron chi connectivity index (χ0n) is 9.43. The fraction of sp³-hybridized carbons (Fsp3) is 0.167. The highest BCUT2D eigenvalue weighted by Gasteiger charge is 2.19. The number of hydrogen-bond acceptors (Lipinski definition) is 4. The molecule has 5 heteroatoms. The quantitative estimate of drug-likeness (QED) is 0.908. The maximum Gasteiger partial charge on any atom is 0.348 e. The lowest BCUT2D eigenvalue weighted by atomic mass is 10.1. The third kappa shape index (κ3) is 2.14. The normalized spacial score (nSPS) is 10.2. The van der Waals surface area contributed by atoms with Crippen molar-refractivity contribution in [2.24, 2.45) is 0 Å². The van der Waals surface area contributed by atoms with Crippen LogP contribution < -0.4 is 4.74 Å². The molecule has 1 aromatic carbocycles. The molecule has 0 atom stereocenters. The molecule has 1 N–H and O–H groups in total. The molecular weight excluding hydrogens is 238 g/mol. The standard InChI is InChI=1S/C12H11NO3S/c1-7-13-10(11(17-7)12(14)15)8-5-3-4-6-9(8)16-2/h3-6H,1-2H3,(H,14,15). The highest BCUT2D eigenvalue weighted by atomic mass is 32.1. The van der Waals surface area contributed by atoms with Crippen molar-refractivity contribution >= 4 is 17.3 Å². The van der Waals surface area contributed by atoms with E-state index < -0.39 is 5.97 Å². The van der Waals surface area contributed by atoms with Crippen molar-refractivity contribution in [2.45, 2.75) is 6.92 Å². The van der Waals surface area contributed by atoms with Gasteiger partial charge in [0.05, 0.1) is 17.8 Å². The van der Waals surface area contributed by atoms with Crippen LogP contribution in [0.2, 0.25) is 0 Å². The number of carboxylic acids is 1. The van der Waals surface area contributed by atoms with Gasteiger partial charge in [-0.25, -0.2) is 9.78 Å². The zero-order valence-corrected chi connectivity index (χ0v) is 10.2. The van der Waals surface area contributed by atoms with Gasteiger partial charge in [-0.15, -0.1) is 11.3 Å². The predicted octanol–water partition coefficient (Wildman–Crippen LogP) is 2.83. The van der Waals surface area contributed by atoms with Gasteiger partial charge >= 0.3 is 5.97 Å². The smallest absolute Gasteiger partial charge is 0.348 e. The molecule has 2 rings (SSSR count). The van der Waals surface area contributed by atoms with Gasteiger partial charge < -0.3 is 9.84 Å². The molecule has 0 spiro atoms. The summed E-state index contributed by atoms with van der Waals surface area (Å²) in [6.07, 6.45) is 0. The van der Waals surface area contributed by atoms with Crippen molar-refractivity contribution < 1.29 is 14.6 Å². The van der Waals surface area contributed by atoms with Gasteiger partial charge in [-0.1, -0.05) is 12.1 Å². The van der Waals surface area contributed by atoms with Crippen LogP contribution in [-0.4, -0.2) is 23.2 Å². The lowest BCUT2D eigenvalue weighted by molar-refractivity contribution is 0.0702. The Morgan fingerprint density at radius 3 is 2.76 bits per heavy atom. The highest BCUT2D eigenvalue weighted by Crippen LogP contribution is 2.34. The van der Waals surface area contributed by atoms with Gasteiger partial charge in [-0.3, -0.25) is 0 Å². The molecule has 1 heterocycles. The van der Waals surface area contributed by atoms with Crippen molar-refractivity contribution in [1.29, 1.82) is 0 Å². The van der Waals surface area contributed by atoms with Crippen LogP contribution in [0.3, 0.4) is 0 Å². The second-order valence-electron chi connectivity index (χ2n) is 3.42. The third-order valence-corrected chi connectivity index (χ3v) is 3.25. The fourth-order valence-electron chi connectivity index (χ4n) is 1.59. The van der Waals surface area contributed by atoms with Crippen molar-refractivity contribution in [3.8, 4) is 17.0 Å². The molecule has 0 saturated carbocycles. The summed E-state index contributed by atoms with van der Waals surface area (Å²) in [4.78, 5) is 15.6. The molecule has 0 aliphatic rings. The number of aromatic nitrogens is 1. The second-order valence-corrected chi connectivity index (χ2v) is 4.62. The summed E-state index contributed by atoms with van der Waals surface area (Å²) in [5.74, 6) is -0.336. The van der Waals surface area contributed by atoms with Crippen molar-refractivity contribution in [3.63, 3.8) is 0 Å². The van der Waals surface area contributed by atoms with Gasteiger partial charge in [-0.2, -0.15) is 0 Å². The molecule has 0 fully saturated rings. The second kappa shape index (κ2) is 4.55. The van der Waals surface area contributed by atoms with Crippen LogP contribution in [0.4, 0.5) is 0 Å². The number of nitrogens with zero attached hydrogens (tertiary/aromatic N) is 1. The number of carbonyl (C=O) groups is 1. The molecule has 0 unspecified atom stereocenters. The number of carboxylic acid groups (broad SMARTS) is 1. The van der Waals surface area contributed by atoms with Crippen molar-refractivity contribution in [3.05, 3.63) is 34.2 Å². The van der Waals surface area contributed by atoms with Crippen LogP contribution in [-0.2, 0) is 0 Å². The van der Waals surface area contributed by atoms with E-state index in [2.05, 4.69) is 4.98 Å². The van der Waals surface area contributed by atoms with E-state index in [-0.39, 0.29) is 4.88 Å². The van der Waals surface area contributed by atoms with Crippen LogP contribution in [0.25, 0.3) is 11.3 Å². The topological polar surface area (TPSA) is 59.4 Å². The summed E-state index contributed by atoms with van der Waals surface area (Å²) in [5, 5.41) is 9.86. The van der Waals surface area contributed by atoms with E-state index in [4.69, 9.17) is 9.84 Å². The predicted molar refractivity (Wildman–Crippen MR) is 65.8 cm³/mol. The van der Waals surface area contributed by atoms with Gasteiger partial charge in [0, 0.05) is 5.56 Å². The lowest BCUT2D eigenvalue weighted by Crippen LogP contribution is -1.97. The number of thiazole rings is 1. The van der Waals surface area contributed by atoms with E-state index in [0.29, 0.717) is 17.0 Å². The van der Waals surface area contributed by atoms with Gasteiger partial charge in [0.25, 0.3) is 0 Å². The number of benzene rings is 1. The Kier molecular flexibility index (Phi) is 3.10. The Bertz CT molecular complexity index is 563. The summed E-state index contributed by atoms with van der Waals surface area (Å²) < 4.78 is 5.22. The van der Waals surface area contributed by atoms with E-state index in [0.717, 1.165) is 5.01 Å². The molecule has 1 aromatic heterocycles. The number of ether oxygens (including phenoxy) is 1. The maximum atomic E-state index is 11.1. The summed E-state index contributed by atoms with van der Waals surface area (Å²) >= 11 is 1.17. The van der Waals surface area contributed by atoms with E-state index >= 15 is 0 Å². The fourth-order valence-corrected chi connectivity index (χ4v) is 2.37. The minimum atomic E-state index is -0.962. The largest absolute Gasteiger partial charge is 0.496 e. The Labute approximate surface area is 103 Å². The number of hydrogen-bond donors (Lipinski definition) is 1. The first kappa shape index (κ1) is 11.6. The first-order chi connectivity index (χ1) is 8.13. The number of rotatable bonds is 3. The first-order valence-corrected chi connectivity index (χ1v) is 5.79. The van der Waals surface area contributed by atoms with Crippen molar-refractivity contribution in [1.82, 2.24) is 4.98 Å². The van der Waals surface area contributed by atoms with Crippen LogP contribution in [0, 0.1) is 6.92 Å². The summed E-state index contributed by atoms with van der Waals surface area (Å²) in [5.41, 5.74) is 1.18. The number of methoxy groups -OCH3 is 1. The average molecular weight is 249 g/mol. The Morgan fingerprint density at radius 1 is 1.41 bits per heavy atom. The van der Waals surface area contributed by atoms with E-state index in [1.54, 1.807) is 26.2 Å². The minimum Gasteiger partial charge on any atom is -0.496 e. The molecule has 2 aromatic rings. The molecule has 0 radical (unpaired) electrons. The van der Waals surface area contributed by atoms with Gasteiger partial charge in [0.2, 0.25) is 0 Å². The lowest BCUT2D eigenvalue weighted by Gasteiger charge is -2.06. The summed E-state index contributed by atoms with van der Waals surface area (Å²) in [6, 6.07) is 7.26. The monoisotopic (exact) mass is 249 g/mol. The van der Waals surface area contributed by atoms with Crippen molar-refractivity contribution in [2.75, 3.05) is 7.11 Å². The molecule has 0 amide bonds. The Hall–Kier alpha value is -1.88. The number of aromatic carboxylic acids is 1. The number of aryl methyl sites for hydroxylation is 1. The molecule has 4 nitrogen and oxygen atoms in total. The van der Waals surface area contributed by atoms with Gasteiger partial charge in [0.15, 0.2) is 0 Å². The van der Waals surface area contributed by atoms with Crippen LogP contribution in [0.1, 0.15) is 14.7 Å². The molecular formula is C12H11NO3S. The number of para-hydroxylation sites is 1. The van der Waals surface area contributed by atoms with Crippen LogP contribution in [0.5, 0.6) is 5.75 Å². The van der Waals surface area contributed by atoms with E-state index in [1.165, 1.54) is 11.3 Å². The van der Waals surface area contributed by atoms with E-state index in [9.17, 15) is 4.79 Å². The molecule has 0 saturated heterocycles. The van der Waals surface area contributed by atoms with Gasteiger partial charge in [0.1, 0.15) is 10.6 Å². The Balaban J connectivity index is 2.63. The molecule has 0 aliphatic carbocycles. The van der Waals surface area contributed by atoms with Gasteiger partial charge in [-0.05, 0) is 19.1 Å². The van der Waals surface area contributed by atoms with Crippen LogP contribution >= 0.6 is 11.3 Å². The highest BCUT2D eigenvalue weighted by molar-refractivity contribution is 7.14. The minimum absolute atomic E-state index is 0.243. The SMILES string of the molecule is COc1ccccc1-c1nc(C)sc1C(=O)O. The maximum absolute atomic E-state index is 11.1. The Morgan fingerprint density at radius 2 is 2.12 bits per heavy atom. The van der Waals surface area contributed by atoms with Crippen LogP contribution in [0.15, 0.2) is 24.3 Å². The summed E-state index contributed by atoms with van der Waals surface area (Å²) in [7, 11) is 1.55. The zero-order chi connectivity index (χ0) is 12.4. The molecule has 88 valence electrons.